The molecule has 1 fully saturated rings. The van der Waals surface area contributed by atoms with E-state index in [1.54, 1.807) is 18.7 Å². The van der Waals surface area contributed by atoms with E-state index in [1.807, 2.05) is 0 Å². The number of carbonyl (C=O) groups excluding carboxylic acids is 1. The average Bonchev–Trinajstić information content (AvgIpc) is 2.44. The molecule has 1 unspecified atom stereocenters. The maximum absolute atomic E-state index is 10.8. The molecule has 0 aromatic heterocycles. The molecular weight excluding hydrogens is 134 g/mol. The summed E-state index contributed by atoms with van der Waals surface area (Å²) in [4.78, 5) is 10.2. The van der Waals surface area contributed by atoms with E-state index in [0.29, 0.717) is 5.25 Å². The molecule has 1 rings (SSSR count). The molecule has 2 atom stereocenters. The molecule has 1 saturated heterocycles. The lowest BCUT2D eigenvalue weighted by molar-refractivity contribution is -0.118. The molecule has 1 aliphatic heterocycles. The highest BCUT2D eigenvalue weighted by Gasteiger charge is 2.55. The molecule has 1 heterocycles. The van der Waals surface area contributed by atoms with Gasteiger partial charge in [-0.3, -0.25) is 4.79 Å². The third-order valence-corrected chi connectivity index (χ3v) is 3.38. The Balaban J connectivity index is 2.52. The average molecular weight is 145 g/mol. The van der Waals surface area contributed by atoms with Crippen LogP contribution in [0.15, 0.2) is 0 Å². The van der Waals surface area contributed by atoms with Crippen molar-refractivity contribution in [3.8, 4) is 0 Å². The van der Waals surface area contributed by atoms with Gasteiger partial charge in [0.15, 0.2) is 5.78 Å². The first kappa shape index (κ1) is 7.09. The van der Waals surface area contributed by atoms with E-state index in [0.717, 1.165) is 6.42 Å². The van der Waals surface area contributed by atoms with Gasteiger partial charge in [0.05, 0.1) is 0 Å². The largest absolute Gasteiger partial charge is 0.310 e. The lowest BCUT2D eigenvalue weighted by Crippen LogP contribution is -2.34. The van der Waals surface area contributed by atoms with Gasteiger partial charge in [-0.25, -0.2) is 0 Å². The van der Waals surface area contributed by atoms with Crippen molar-refractivity contribution in [3.05, 3.63) is 0 Å². The summed E-state index contributed by atoms with van der Waals surface area (Å²) in [6, 6.07) is 0. The van der Waals surface area contributed by atoms with Crippen LogP contribution in [-0.2, 0) is 4.79 Å². The first-order chi connectivity index (χ1) is 4.11. The summed E-state index contributed by atoms with van der Waals surface area (Å²) in [6.07, 6.45) is 1.00. The SMILES string of the molecule is CCC1S[C@]1(N)C(C)=O. The van der Waals surface area contributed by atoms with Gasteiger partial charge in [-0.05, 0) is 13.3 Å². The zero-order valence-electron chi connectivity index (χ0n) is 5.68. The molecular formula is C6H11NOS. The number of carbonyl (C=O) groups is 1. The monoisotopic (exact) mass is 145 g/mol. The van der Waals surface area contributed by atoms with Crippen LogP contribution in [0.4, 0.5) is 0 Å². The molecule has 9 heavy (non-hydrogen) atoms. The van der Waals surface area contributed by atoms with Crippen molar-refractivity contribution in [2.24, 2.45) is 5.73 Å². The van der Waals surface area contributed by atoms with Crippen molar-refractivity contribution >= 4 is 17.5 Å². The van der Waals surface area contributed by atoms with Gasteiger partial charge in [-0.2, -0.15) is 0 Å². The quantitative estimate of drug-likeness (QED) is 0.583. The fourth-order valence-electron chi connectivity index (χ4n) is 0.898. The van der Waals surface area contributed by atoms with Crippen LogP contribution in [0, 0.1) is 0 Å². The summed E-state index contributed by atoms with van der Waals surface area (Å²) in [5.74, 6) is 0.111. The van der Waals surface area contributed by atoms with E-state index in [-0.39, 0.29) is 5.78 Å². The fourth-order valence-corrected chi connectivity index (χ4v) is 1.97. The molecule has 2 N–H and O–H groups in total. The summed E-state index contributed by atoms with van der Waals surface area (Å²) in [7, 11) is 0. The lowest BCUT2D eigenvalue weighted by Gasteiger charge is -2.00. The number of hydrogen-bond acceptors (Lipinski definition) is 3. The third kappa shape index (κ3) is 0.990. The number of ketones is 1. The Kier molecular flexibility index (Phi) is 1.57. The number of rotatable bonds is 2. The summed E-state index contributed by atoms with van der Waals surface area (Å²) < 4.78 is 0. The summed E-state index contributed by atoms with van der Waals surface area (Å²) >= 11 is 1.58. The van der Waals surface area contributed by atoms with Crippen molar-refractivity contribution in [1.82, 2.24) is 0 Å². The zero-order valence-corrected chi connectivity index (χ0v) is 6.49. The van der Waals surface area contributed by atoms with E-state index >= 15 is 0 Å². The van der Waals surface area contributed by atoms with Crippen LogP contribution in [0.1, 0.15) is 20.3 Å². The van der Waals surface area contributed by atoms with Crippen molar-refractivity contribution in [2.45, 2.75) is 30.4 Å². The first-order valence-corrected chi connectivity index (χ1v) is 3.97. The van der Waals surface area contributed by atoms with Gasteiger partial charge in [0.2, 0.25) is 0 Å². The van der Waals surface area contributed by atoms with Gasteiger partial charge in [-0.15, -0.1) is 11.8 Å². The van der Waals surface area contributed by atoms with E-state index < -0.39 is 4.87 Å². The second-order valence-electron chi connectivity index (χ2n) is 2.36. The van der Waals surface area contributed by atoms with Gasteiger partial charge in [0, 0.05) is 5.25 Å². The number of Topliss-reactive ketones (excluding diaryl/α,β-unsaturated/α-hetero) is 1. The van der Waals surface area contributed by atoms with Gasteiger partial charge < -0.3 is 5.73 Å². The second-order valence-corrected chi connectivity index (χ2v) is 3.84. The molecule has 0 spiro atoms. The summed E-state index contributed by atoms with van der Waals surface area (Å²) in [5.41, 5.74) is 5.66. The van der Waals surface area contributed by atoms with Crippen LogP contribution in [0.25, 0.3) is 0 Å². The Labute approximate surface area is 59.2 Å². The van der Waals surface area contributed by atoms with Crippen molar-refractivity contribution in [2.75, 3.05) is 0 Å². The molecule has 52 valence electrons. The molecule has 0 aliphatic carbocycles. The van der Waals surface area contributed by atoms with E-state index in [4.69, 9.17) is 5.73 Å². The maximum atomic E-state index is 10.8. The molecule has 0 aromatic carbocycles. The Morgan fingerprint density at radius 1 is 1.89 bits per heavy atom. The van der Waals surface area contributed by atoms with Gasteiger partial charge in [0.1, 0.15) is 4.87 Å². The normalized spacial score (nSPS) is 40.6. The molecule has 3 heteroatoms. The predicted molar refractivity (Wildman–Crippen MR) is 39.3 cm³/mol. The topological polar surface area (TPSA) is 43.1 Å². The van der Waals surface area contributed by atoms with Gasteiger partial charge in [0.25, 0.3) is 0 Å². The molecule has 0 aromatic rings. The Morgan fingerprint density at radius 3 is 2.56 bits per heavy atom. The number of hydrogen-bond donors (Lipinski definition) is 1. The van der Waals surface area contributed by atoms with E-state index in [9.17, 15) is 4.79 Å². The van der Waals surface area contributed by atoms with Crippen LogP contribution in [-0.4, -0.2) is 15.9 Å². The molecule has 0 radical (unpaired) electrons. The smallest absolute Gasteiger partial charge is 0.160 e. The van der Waals surface area contributed by atoms with Crippen LogP contribution in [0.3, 0.4) is 0 Å². The van der Waals surface area contributed by atoms with Gasteiger partial charge >= 0.3 is 0 Å². The van der Waals surface area contributed by atoms with Crippen LogP contribution in [0.5, 0.6) is 0 Å². The van der Waals surface area contributed by atoms with E-state index in [2.05, 4.69) is 6.92 Å². The third-order valence-electron chi connectivity index (χ3n) is 1.68. The Morgan fingerprint density at radius 2 is 2.44 bits per heavy atom. The Hall–Kier alpha value is -0.0200. The highest BCUT2D eigenvalue weighted by atomic mass is 32.2. The molecule has 0 saturated carbocycles. The van der Waals surface area contributed by atoms with Crippen molar-refractivity contribution in [1.29, 1.82) is 0 Å². The summed E-state index contributed by atoms with van der Waals surface area (Å²) in [5, 5.41) is 0.384. The number of nitrogens with two attached hydrogens (primary N) is 1. The molecule has 0 bridgehead atoms. The standard InChI is InChI=1S/C6H11NOS/c1-3-5-6(7,9-5)4(2)8/h5H,3,7H2,1-2H3/t5?,6-/m1/s1. The fraction of sp³-hybridized carbons (Fsp3) is 0.833. The highest BCUT2D eigenvalue weighted by molar-refractivity contribution is 8.09. The first-order valence-electron chi connectivity index (χ1n) is 3.09. The predicted octanol–water partition coefficient (Wildman–Crippen LogP) is 0.756. The number of thioether (sulfide) groups is 1. The summed E-state index contributed by atoms with van der Waals surface area (Å²) in [6.45, 7) is 3.61. The zero-order chi connectivity index (χ0) is 7.07. The van der Waals surface area contributed by atoms with Crippen LogP contribution < -0.4 is 5.73 Å². The Bertz CT molecular complexity index is 148. The minimum absolute atomic E-state index is 0.111. The minimum Gasteiger partial charge on any atom is -0.310 e. The lowest BCUT2D eigenvalue weighted by atomic mass is 10.1. The van der Waals surface area contributed by atoms with Crippen molar-refractivity contribution < 1.29 is 4.79 Å². The highest BCUT2D eigenvalue weighted by Crippen LogP contribution is 2.51. The van der Waals surface area contributed by atoms with Crippen LogP contribution in [0.2, 0.25) is 0 Å². The van der Waals surface area contributed by atoms with E-state index in [1.165, 1.54) is 0 Å². The molecule has 1 aliphatic rings. The minimum atomic E-state index is -0.505. The van der Waals surface area contributed by atoms with Gasteiger partial charge in [-0.1, -0.05) is 6.92 Å². The van der Waals surface area contributed by atoms with Crippen LogP contribution >= 0.6 is 11.8 Å². The maximum Gasteiger partial charge on any atom is 0.160 e. The molecule has 0 amide bonds. The second kappa shape index (κ2) is 1.99. The molecule has 2 nitrogen and oxygen atoms in total. The van der Waals surface area contributed by atoms with Crippen molar-refractivity contribution in [3.63, 3.8) is 0 Å².